The molecular formula is C41H45N3O13. The van der Waals surface area contributed by atoms with Gasteiger partial charge in [0.25, 0.3) is 5.91 Å². The number of aromatic amines is 1. The predicted molar refractivity (Wildman–Crippen MR) is 201 cm³/mol. The number of carbonyl (C=O) groups is 2. The van der Waals surface area contributed by atoms with E-state index in [1.165, 1.54) is 30.6 Å². The van der Waals surface area contributed by atoms with Crippen molar-refractivity contribution in [2.24, 2.45) is 0 Å². The molecule has 0 radical (unpaired) electrons. The van der Waals surface area contributed by atoms with E-state index in [0.717, 1.165) is 35.9 Å². The Labute approximate surface area is 326 Å². The molecule has 1 aromatic heterocycles. The van der Waals surface area contributed by atoms with E-state index in [1.54, 1.807) is 36.5 Å². The van der Waals surface area contributed by atoms with Crippen LogP contribution in [0, 0.1) is 0 Å². The van der Waals surface area contributed by atoms with E-state index in [2.05, 4.69) is 9.97 Å². The van der Waals surface area contributed by atoms with Gasteiger partial charge in [-0.25, -0.2) is 9.78 Å². The molecular weight excluding hydrogens is 742 g/mol. The Bertz CT molecular complexity index is 2130. The summed E-state index contributed by atoms with van der Waals surface area (Å²) in [5.74, 6) is -7.37. The number of H-pyrrole nitrogens is 1. The summed E-state index contributed by atoms with van der Waals surface area (Å²) in [6.45, 7) is -0.895. The summed E-state index contributed by atoms with van der Waals surface area (Å²) >= 11 is 0. The lowest BCUT2D eigenvalue weighted by molar-refractivity contribution is -0.422. The first-order chi connectivity index (χ1) is 27.2. The van der Waals surface area contributed by atoms with E-state index in [9.17, 15) is 55.5 Å². The molecule has 1 aliphatic carbocycles. The SMILES string of the molecule is O=C(O)[C@H]1[C@H](CC2(c3ccccc3O)CCCCC2)c2cc(O)c(O[C@]3(O)O[C@H](CO)[C@@H](O)[C@H](O)[C@H]3O)cc2N1C(=O)/C=C/c1ccc(O)c(Cc2cnc[nH]2)c1. The standard InChI is InChI=1S/C41H45N3O13/c45-20-33-36(50)37(51)38(52)41(55,57-33)56-32-17-28-25(16-31(32)48)26(18-40(12-4-1-5-13-40)27-6-2-3-7-30(27)47)35(39(53)54)44(28)34(49)11-9-22-8-10-29(46)23(14-22)15-24-19-42-21-43-24/h2-3,6-11,14,16-17,19,21,26,33,35-38,45-48,50-52,55H,1,4-5,12-13,15,18,20H2,(H,42,43)(H,53,54)/b11-9+/t26-,33-,35-,36-,37+,38-,41+/m1/s1. The van der Waals surface area contributed by atoms with Crippen LogP contribution in [-0.2, 0) is 26.2 Å². The van der Waals surface area contributed by atoms with Crippen LogP contribution in [0.3, 0.4) is 0 Å². The summed E-state index contributed by atoms with van der Waals surface area (Å²) in [6.07, 6.45) is 2.22. The maximum absolute atomic E-state index is 14.4. The van der Waals surface area contributed by atoms with Crippen LogP contribution in [-0.4, -0.2) is 111 Å². The molecule has 1 saturated heterocycles. The number of benzene rings is 3. The molecule has 3 aromatic carbocycles. The Morgan fingerprint density at radius 2 is 1.72 bits per heavy atom. The summed E-state index contributed by atoms with van der Waals surface area (Å²) < 4.78 is 10.8. The summed E-state index contributed by atoms with van der Waals surface area (Å²) in [6, 6.07) is 12.4. The van der Waals surface area contributed by atoms with Gasteiger partial charge in [-0.15, -0.1) is 0 Å². The summed E-state index contributed by atoms with van der Waals surface area (Å²) in [5.41, 5.74) is 1.96. The number of carboxylic acid groups (broad SMARTS) is 1. The van der Waals surface area contributed by atoms with Crippen molar-refractivity contribution in [1.29, 1.82) is 0 Å². The normalized spacial score (nSPS) is 27.0. The first-order valence-corrected chi connectivity index (χ1v) is 18.7. The molecule has 16 nitrogen and oxygen atoms in total. The Hall–Kier alpha value is -5.49. The zero-order valence-corrected chi connectivity index (χ0v) is 30.7. The van der Waals surface area contributed by atoms with Gasteiger partial charge >= 0.3 is 11.9 Å². The number of aliphatic carboxylic acids is 1. The van der Waals surface area contributed by atoms with Gasteiger partial charge in [-0.1, -0.05) is 43.5 Å². The lowest BCUT2D eigenvalue weighted by Gasteiger charge is -2.44. The summed E-state index contributed by atoms with van der Waals surface area (Å²) in [4.78, 5) is 35.8. The highest BCUT2D eigenvalue weighted by atomic mass is 16.8. The highest BCUT2D eigenvalue weighted by Gasteiger charge is 2.56. The summed E-state index contributed by atoms with van der Waals surface area (Å²) in [5, 5.41) is 96.1. The highest BCUT2D eigenvalue weighted by Crippen LogP contribution is 2.55. The number of ether oxygens (including phenoxy) is 2. The van der Waals surface area contributed by atoms with Crippen molar-refractivity contribution in [2.45, 2.75) is 92.7 Å². The largest absolute Gasteiger partial charge is 0.508 e. The Morgan fingerprint density at radius 1 is 0.965 bits per heavy atom. The van der Waals surface area contributed by atoms with Crippen LogP contribution < -0.4 is 9.64 Å². The average molecular weight is 788 g/mol. The van der Waals surface area contributed by atoms with E-state index in [-0.39, 0.29) is 29.2 Å². The van der Waals surface area contributed by atoms with Crippen LogP contribution in [0.15, 0.2) is 73.2 Å². The van der Waals surface area contributed by atoms with Gasteiger partial charge in [0, 0.05) is 47.5 Å². The number of aliphatic hydroxyl groups excluding tert-OH is 4. The molecule has 7 atom stereocenters. The number of phenols is 3. The van der Waals surface area contributed by atoms with Crippen molar-refractivity contribution in [3.05, 3.63) is 101 Å². The Balaban J connectivity index is 1.31. The van der Waals surface area contributed by atoms with Gasteiger partial charge in [0.15, 0.2) is 17.6 Å². The van der Waals surface area contributed by atoms with Crippen molar-refractivity contribution in [3.8, 4) is 23.0 Å². The molecule has 0 spiro atoms. The van der Waals surface area contributed by atoms with E-state index in [1.807, 2.05) is 6.07 Å². The lowest BCUT2D eigenvalue weighted by atomic mass is 9.63. The van der Waals surface area contributed by atoms with E-state index in [4.69, 9.17) is 9.47 Å². The van der Waals surface area contributed by atoms with E-state index >= 15 is 0 Å². The van der Waals surface area contributed by atoms with Gasteiger partial charge in [0.05, 0.1) is 18.6 Å². The van der Waals surface area contributed by atoms with Crippen LogP contribution in [0.5, 0.6) is 23.0 Å². The molecule has 7 rings (SSSR count). The number of para-hydroxylation sites is 1. The zero-order valence-electron chi connectivity index (χ0n) is 30.7. The van der Waals surface area contributed by atoms with Gasteiger partial charge in [0.1, 0.15) is 35.9 Å². The molecule has 302 valence electrons. The van der Waals surface area contributed by atoms with Crippen molar-refractivity contribution in [1.82, 2.24) is 9.97 Å². The maximum atomic E-state index is 14.4. The number of nitrogens with one attached hydrogen (secondary N) is 1. The molecule has 16 heteroatoms. The molecule has 10 N–H and O–H groups in total. The minimum atomic E-state index is -3.12. The second-order valence-electron chi connectivity index (χ2n) is 15.0. The van der Waals surface area contributed by atoms with E-state index < -0.39 is 77.7 Å². The number of hydrogen-bond donors (Lipinski definition) is 10. The fourth-order valence-corrected chi connectivity index (χ4v) is 8.63. The number of rotatable bonds is 11. The van der Waals surface area contributed by atoms with Gasteiger partial charge in [-0.05, 0) is 66.1 Å². The molecule has 1 saturated carbocycles. The minimum absolute atomic E-state index is 0.0167. The number of imidazole rings is 1. The van der Waals surface area contributed by atoms with Crippen LogP contribution >= 0.6 is 0 Å². The number of amides is 1. The third-order valence-electron chi connectivity index (χ3n) is 11.5. The topological polar surface area (TPSA) is 267 Å². The monoisotopic (exact) mass is 787 g/mol. The van der Waals surface area contributed by atoms with Crippen LogP contribution in [0.25, 0.3) is 6.08 Å². The van der Waals surface area contributed by atoms with Gasteiger partial charge in [-0.2, -0.15) is 0 Å². The molecule has 0 bridgehead atoms. The average Bonchev–Trinajstić information content (AvgIpc) is 3.82. The number of aromatic hydroxyl groups is 3. The maximum Gasteiger partial charge on any atom is 0.355 e. The van der Waals surface area contributed by atoms with Crippen LogP contribution in [0.2, 0.25) is 0 Å². The number of aliphatic hydroxyl groups is 5. The third-order valence-corrected chi connectivity index (χ3v) is 11.5. The van der Waals surface area contributed by atoms with Gasteiger partial charge < -0.3 is 60.4 Å². The number of nitrogens with zero attached hydrogens (tertiary/aromatic N) is 2. The lowest BCUT2D eigenvalue weighted by Crippen LogP contribution is -2.67. The Kier molecular flexibility index (Phi) is 11.0. The molecule has 57 heavy (non-hydrogen) atoms. The van der Waals surface area contributed by atoms with Gasteiger partial charge in [0.2, 0.25) is 0 Å². The first kappa shape index (κ1) is 39.7. The minimum Gasteiger partial charge on any atom is -0.508 e. The summed E-state index contributed by atoms with van der Waals surface area (Å²) in [7, 11) is 0. The molecule has 3 heterocycles. The number of phenolic OH excluding ortho intramolecular Hbond substituents is 3. The first-order valence-electron chi connectivity index (χ1n) is 18.7. The number of anilines is 1. The molecule has 0 unspecified atom stereocenters. The number of aromatic nitrogens is 2. The molecule has 4 aromatic rings. The van der Waals surface area contributed by atoms with Crippen molar-refractivity contribution < 1.29 is 65.0 Å². The quantitative estimate of drug-likeness (QED) is 0.0774. The zero-order chi connectivity index (χ0) is 40.6. The fraction of sp³-hybridized carbons (Fsp3) is 0.390. The highest BCUT2D eigenvalue weighted by molar-refractivity contribution is 6.10. The Morgan fingerprint density at radius 3 is 2.40 bits per heavy atom. The second-order valence-corrected chi connectivity index (χ2v) is 15.0. The predicted octanol–water partition coefficient (Wildman–Crippen LogP) is 2.50. The van der Waals surface area contributed by atoms with Gasteiger partial charge in [-0.3, -0.25) is 9.69 Å². The van der Waals surface area contributed by atoms with Crippen molar-refractivity contribution >= 4 is 23.6 Å². The molecule has 2 aliphatic heterocycles. The van der Waals surface area contributed by atoms with Crippen LogP contribution in [0.1, 0.15) is 72.4 Å². The van der Waals surface area contributed by atoms with Crippen molar-refractivity contribution in [2.75, 3.05) is 11.5 Å². The number of carbonyl (C=O) groups excluding carboxylic acids is 1. The van der Waals surface area contributed by atoms with Crippen molar-refractivity contribution in [3.63, 3.8) is 0 Å². The molecule has 2 fully saturated rings. The second kappa shape index (κ2) is 15.8. The molecule has 1 amide bonds. The number of hydrogen-bond acceptors (Lipinski definition) is 13. The number of carboxylic acids is 1. The van der Waals surface area contributed by atoms with Crippen LogP contribution in [0.4, 0.5) is 5.69 Å². The molecule has 3 aliphatic rings. The van der Waals surface area contributed by atoms with E-state index in [0.29, 0.717) is 36.0 Å². The smallest absolute Gasteiger partial charge is 0.355 e. The number of fused-ring (bicyclic) bond motifs is 1. The third kappa shape index (κ3) is 7.55. The fourth-order valence-electron chi connectivity index (χ4n) is 8.63.